The van der Waals surface area contributed by atoms with Gasteiger partial charge in [-0.1, -0.05) is 18.2 Å². The van der Waals surface area contributed by atoms with E-state index in [1.165, 1.54) is 11.0 Å². The van der Waals surface area contributed by atoms with Gasteiger partial charge in [-0.2, -0.15) is 0 Å². The van der Waals surface area contributed by atoms with Gasteiger partial charge >= 0.3 is 6.03 Å². The molecule has 1 aromatic carbocycles. The van der Waals surface area contributed by atoms with Crippen LogP contribution in [0.5, 0.6) is 0 Å². The average Bonchev–Trinajstić information content (AvgIpc) is 3.08. The van der Waals surface area contributed by atoms with Crippen LogP contribution in [0.4, 0.5) is 9.18 Å². The number of piperidine rings is 1. The van der Waals surface area contributed by atoms with E-state index in [9.17, 15) is 18.8 Å². The lowest BCUT2D eigenvalue weighted by Gasteiger charge is -2.39. The Bertz CT molecular complexity index is 882. The second-order valence-electron chi connectivity index (χ2n) is 7.58. The number of nitrogens with one attached hydrogen (secondary N) is 1. The van der Waals surface area contributed by atoms with Crippen LogP contribution in [0.2, 0.25) is 0 Å². The molecule has 29 heavy (non-hydrogen) atoms. The number of likely N-dealkylation sites (tertiary alicyclic amines) is 1. The topological polar surface area (TPSA) is 111 Å². The van der Waals surface area contributed by atoms with Crippen LogP contribution >= 0.6 is 0 Å². The number of benzene rings is 1. The quantitative estimate of drug-likeness (QED) is 0.743. The molecule has 3 aliphatic rings. The second-order valence-corrected chi connectivity index (χ2v) is 7.58. The molecule has 2 fully saturated rings. The Kier molecular flexibility index (Phi) is 4.85. The average molecular weight is 402 g/mol. The molecule has 2 unspecified atom stereocenters. The smallest absolute Gasteiger partial charge is 0.325 e. The third-order valence-electron chi connectivity index (χ3n) is 5.82. The first-order valence-electron chi connectivity index (χ1n) is 9.56. The van der Waals surface area contributed by atoms with Gasteiger partial charge in [0, 0.05) is 38.2 Å². The molecule has 0 bridgehead atoms. The number of carbonyl (C=O) groups excluding carboxylic acids is 3. The van der Waals surface area contributed by atoms with Crippen molar-refractivity contribution in [2.24, 2.45) is 16.6 Å². The Morgan fingerprint density at radius 1 is 1.28 bits per heavy atom. The molecular weight excluding hydrogens is 379 g/mol. The third kappa shape index (κ3) is 3.39. The molecular formula is C19H23FN6O3. The Morgan fingerprint density at radius 3 is 2.62 bits per heavy atom. The van der Waals surface area contributed by atoms with E-state index in [0.717, 1.165) is 0 Å². The van der Waals surface area contributed by atoms with E-state index in [1.54, 1.807) is 30.1 Å². The Hall–Kier alpha value is -3.17. The van der Waals surface area contributed by atoms with Crippen molar-refractivity contribution in [1.29, 1.82) is 0 Å². The molecule has 4 amide bonds. The highest BCUT2D eigenvalue weighted by molar-refractivity contribution is 6.03. The van der Waals surface area contributed by atoms with E-state index in [0.29, 0.717) is 37.5 Å². The summed E-state index contributed by atoms with van der Waals surface area (Å²) in [6, 6.07) is 5.11. The van der Waals surface area contributed by atoms with Gasteiger partial charge in [0.15, 0.2) is 18.2 Å². The number of hydrogen-bond acceptors (Lipinski definition) is 6. The molecule has 3 aliphatic heterocycles. The van der Waals surface area contributed by atoms with E-state index < -0.39 is 24.1 Å². The van der Waals surface area contributed by atoms with Crippen molar-refractivity contribution < 1.29 is 18.8 Å². The van der Waals surface area contributed by atoms with Gasteiger partial charge in [0.25, 0.3) is 5.91 Å². The minimum atomic E-state index is -0.749. The number of primary amides is 1. The van der Waals surface area contributed by atoms with Crippen molar-refractivity contribution in [2.75, 3.05) is 20.1 Å². The Labute approximate surface area is 167 Å². The van der Waals surface area contributed by atoms with E-state index in [1.807, 2.05) is 4.90 Å². The predicted octanol–water partition coefficient (Wildman–Crippen LogP) is 0.0709. The summed E-state index contributed by atoms with van der Waals surface area (Å²) in [5.41, 5.74) is 5.85. The Morgan fingerprint density at radius 2 is 1.97 bits per heavy atom. The van der Waals surface area contributed by atoms with Crippen molar-refractivity contribution in [1.82, 2.24) is 20.0 Å². The maximum atomic E-state index is 14.3. The number of rotatable bonds is 3. The molecule has 2 atom stereocenters. The number of likely N-dealkylation sites (N-methyl/N-ethyl adjacent to an activating group) is 1. The van der Waals surface area contributed by atoms with Crippen LogP contribution in [0.15, 0.2) is 29.3 Å². The lowest BCUT2D eigenvalue weighted by atomic mass is 9.96. The van der Waals surface area contributed by atoms with Crippen LogP contribution in [0, 0.1) is 11.7 Å². The van der Waals surface area contributed by atoms with E-state index in [4.69, 9.17) is 5.73 Å². The fraction of sp³-hybridized carbons (Fsp3) is 0.474. The zero-order chi connectivity index (χ0) is 20.7. The maximum Gasteiger partial charge on any atom is 0.325 e. The second kappa shape index (κ2) is 7.34. The number of aliphatic imine (C=N–C) groups is 1. The molecule has 0 aromatic heterocycles. The van der Waals surface area contributed by atoms with Crippen molar-refractivity contribution in [3.63, 3.8) is 0 Å². The number of hydrogen-bond donors (Lipinski definition) is 2. The molecule has 0 aliphatic carbocycles. The number of imide groups is 1. The summed E-state index contributed by atoms with van der Waals surface area (Å²) in [6.45, 7) is 1.22. The number of fused-ring (bicyclic) bond motifs is 1. The first-order chi connectivity index (χ1) is 13.9. The summed E-state index contributed by atoms with van der Waals surface area (Å²) in [5.74, 6) is -0.811. The van der Waals surface area contributed by atoms with E-state index in [2.05, 4.69) is 10.3 Å². The summed E-state index contributed by atoms with van der Waals surface area (Å²) in [6.07, 6.45) is 0.475. The standard InChI is InChI=1S/C19H23FN6O3/c1-24-16-14(17(28)23-19(24)29)26(10-12-4-2-3-5-13(12)20)18(22-16)25-8-6-11(7-9-25)15(21)27/h2-5,11,14,16H,6-10H2,1H3,(H2,21,27)(H,23,28,29). The van der Waals surface area contributed by atoms with E-state index in [-0.39, 0.29) is 24.2 Å². The molecule has 4 rings (SSSR count). The monoisotopic (exact) mass is 402 g/mol. The van der Waals surface area contributed by atoms with Crippen molar-refractivity contribution in [2.45, 2.75) is 31.6 Å². The largest absolute Gasteiger partial charge is 0.369 e. The summed E-state index contributed by atoms with van der Waals surface area (Å²) in [5, 5.41) is 2.34. The van der Waals surface area contributed by atoms with Crippen LogP contribution in [0.1, 0.15) is 18.4 Å². The van der Waals surface area contributed by atoms with Gasteiger partial charge in [0.05, 0.1) is 0 Å². The van der Waals surface area contributed by atoms with Gasteiger partial charge in [0.1, 0.15) is 5.82 Å². The van der Waals surface area contributed by atoms with Gasteiger partial charge in [-0.05, 0) is 18.9 Å². The molecule has 0 saturated carbocycles. The molecule has 0 spiro atoms. The normalized spacial score (nSPS) is 25.0. The van der Waals surface area contributed by atoms with Crippen molar-refractivity contribution in [3.05, 3.63) is 35.6 Å². The van der Waals surface area contributed by atoms with Crippen LogP contribution < -0.4 is 11.1 Å². The fourth-order valence-electron chi connectivity index (χ4n) is 4.12. The molecule has 3 N–H and O–H groups in total. The number of urea groups is 1. The molecule has 2 saturated heterocycles. The maximum absolute atomic E-state index is 14.3. The highest BCUT2D eigenvalue weighted by Crippen LogP contribution is 2.29. The number of nitrogens with two attached hydrogens (primary N) is 1. The molecule has 9 nitrogen and oxygen atoms in total. The van der Waals surface area contributed by atoms with E-state index >= 15 is 0 Å². The molecule has 3 heterocycles. The summed E-state index contributed by atoms with van der Waals surface area (Å²) >= 11 is 0. The van der Waals surface area contributed by atoms with Crippen molar-refractivity contribution >= 4 is 23.8 Å². The summed E-state index contributed by atoms with van der Waals surface area (Å²) in [7, 11) is 1.58. The zero-order valence-corrected chi connectivity index (χ0v) is 16.0. The summed E-state index contributed by atoms with van der Waals surface area (Å²) in [4.78, 5) is 45.9. The van der Waals surface area contributed by atoms with Crippen LogP contribution in [0.25, 0.3) is 0 Å². The third-order valence-corrected chi connectivity index (χ3v) is 5.82. The highest BCUT2D eigenvalue weighted by atomic mass is 19.1. The Balaban J connectivity index is 1.64. The highest BCUT2D eigenvalue weighted by Gasteiger charge is 2.50. The van der Waals surface area contributed by atoms with Crippen LogP contribution in [-0.2, 0) is 16.1 Å². The van der Waals surface area contributed by atoms with Gasteiger partial charge < -0.3 is 20.4 Å². The van der Waals surface area contributed by atoms with Gasteiger partial charge in [-0.3, -0.25) is 14.9 Å². The zero-order valence-electron chi connectivity index (χ0n) is 16.0. The first kappa shape index (κ1) is 19.2. The number of amides is 4. The number of halogens is 1. The van der Waals surface area contributed by atoms with Crippen LogP contribution in [0.3, 0.4) is 0 Å². The van der Waals surface area contributed by atoms with Gasteiger partial charge in [0.2, 0.25) is 5.91 Å². The number of carbonyl (C=O) groups is 3. The fourth-order valence-corrected chi connectivity index (χ4v) is 4.12. The first-order valence-corrected chi connectivity index (χ1v) is 9.56. The predicted molar refractivity (Wildman–Crippen MR) is 102 cm³/mol. The minimum absolute atomic E-state index is 0.137. The number of nitrogens with zero attached hydrogens (tertiary/aromatic N) is 4. The lowest BCUT2D eigenvalue weighted by molar-refractivity contribution is -0.127. The lowest BCUT2D eigenvalue weighted by Crippen LogP contribution is -2.64. The molecule has 0 radical (unpaired) electrons. The van der Waals surface area contributed by atoms with Crippen molar-refractivity contribution in [3.8, 4) is 0 Å². The minimum Gasteiger partial charge on any atom is -0.369 e. The molecule has 1 aromatic rings. The summed E-state index contributed by atoms with van der Waals surface area (Å²) < 4.78 is 14.3. The van der Waals surface area contributed by atoms with Gasteiger partial charge in [-0.25, -0.2) is 14.2 Å². The number of guanidine groups is 1. The van der Waals surface area contributed by atoms with Crippen LogP contribution in [-0.4, -0.2) is 70.8 Å². The molecule has 10 heteroatoms. The SMILES string of the molecule is CN1C(=O)NC(=O)C2C1N=C(N1CCC(C(N)=O)CC1)N2Cc1ccccc1F. The van der Waals surface area contributed by atoms with Gasteiger partial charge in [-0.15, -0.1) is 0 Å². The molecule has 154 valence electrons.